The third-order valence-corrected chi connectivity index (χ3v) is 3.18. The molecule has 1 amide bonds. The van der Waals surface area contributed by atoms with Crippen LogP contribution >= 0.6 is 0 Å². The molecule has 0 saturated carbocycles. The number of carboxylic acids is 1. The summed E-state index contributed by atoms with van der Waals surface area (Å²) in [4.78, 5) is 22.8. The van der Waals surface area contributed by atoms with E-state index in [1.807, 2.05) is 0 Å². The Morgan fingerprint density at radius 2 is 2.17 bits per heavy atom. The van der Waals surface area contributed by atoms with E-state index in [0.717, 1.165) is 32.1 Å². The number of nitrogens with one attached hydrogen (secondary N) is 1. The highest BCUT2D eigenvalue weighted by molar-refractivity contribution is 5.86. The largest absolute Gasteiger partial charge is 0.480 e. The normalized spacial score (nSPS) is 20.6. The molecule has 1 heterocycles. The number of carboxylic acid groups (broad SMARTS) is 1. The second-order valence-electron chi connectivity index (χ2n) is 4.75. The molecule has 0 radical (unpaired) electrons. The van der Waals surface area contributed by atoms with Gasteiger partial charge in [-0.3, -0.25) is 4.79 Å². The molecular weight excluding hydrogens is 234 g/mol. The molecule has 1 fully saturated rings. The fourth-order valence-corrected chi connectivity index (χ4v) is 2.08. The standard InChI is InChI=1S/C13H23NO4/c1-2-3-4-5-7-10(13(16)17)14-12(15)11-8-6-9-18-11/h10-11H,2-9H2,1H3,(H,14,15)(H,16,17)/t10-,11-/m0/s1. The van der Waals surface area contributed by atoms with Crippen LogP contribution in [0.15, 0.2) is 0 Å². The molecule has 0 unspecified atom stereocenters. The van der Waals surface area contributed by atoms with Gasteiger partial charge in [-0.15, -0.1) is 0 Å². The van der Waals surface area contributed by atoms with Gasteiger partial charge in [0.1, 0.15) is 12.1 Å². The number of amides is 1. The molecule has 1 aliphatic rings. The molecule has 2 N–H and O–H groups in total. The van der Waals surface area contributed by atoms with Gasteiger partial charge in [0.2, 0.25) is 5.91 Å². The predicted octanol–water partition coefficient (Wildman–Crippen LogP) is 1.71. The van der Waals surface area contributed by atoms with E-state index in [1.165, 1.54) is 0 Å². The van der Waals surface area contributed by atoms with E-state index in [4.69, 9.17) is 9.84 Å². The quantitative estimate of drug-likeness (QED) is 0.649. The Labute approximate surface area is 108 Å². The van der Waals surface area contributed by atoms with Crippen LogP contribution < -0.4 is 5.32 Å². The first-order valence-electron chi connectivity index (χ1n) is 6.80. The Morgan fingerprint density at radius 1 is 1.39 bits per heavy atom. The van der Waals surface area contributed by atoms with Gasteiger partial charge in [-0.1, -0.05) is 32.6 Å². The second-order valence-corrected chi connectivity index (χ2v) is 4.75. The monoisotopic (exact) mass is 257 g/mol. The molecule has 1 saturated heterocycles. The number of hydrogen-bond donors (Lipinski definition) is 2. The lowest BCUT2D eigenvalue weighted by Crippen LogP contribution is -2.45. The Balaban J connectivity index is 2.32. The molecule has 18 heavy (non-hydrogen) atoms. The Hall–Kier alpha value is -1.10. The van der Waals surface area contributed by atoms with E-state index < -0.39 is 18.1 Å². The van der Waals surface area contributed by atoms with E-state index in [9.17, 15) is 9.59 Å². The van der Waals surface area contributed by atoms with Gasteiger partial charge in [0, 0.05) is 6.61 Å². The van der Waals surface area contributed by atoms with Crippen LogP contribution in [0.3, 0.4) is 0 Å². The zero-order valence-electron chi connectivity index (χ0n) is 11.0. The number of hydrogen-bond acceptors (Lipinski definition) is 3. The maximum Gasteiger partial charge on any atom is 0.326 e. The lowest BCUT2D eigenvalue weighted by atomic mass is 10.1. The SMILES string of the molecule is CCCCCC[C@H](NC(=O)[C@@H]1CCCO1)C(=O)O. The van der Waals surface area contributed by atoms with Gasteiger partial charge in [-0.05, 0) is 19.3 Å². The van der Waals surface area contributed by atoms with Gasteiger partial charge < -0.3 is 15.2 Å². The molecule has 1 aliphatic heterocycles. The number of aliphatic carboxylic acids is 1. The summed E-state index contributed by atoms with van der Waals surface area (Å²) < 4.78 is 5.23. The van der Waals surface area contributed by atoms with E-state index in [-0.39, 0.29) is 5.91 Å². The third kappa shape index (κ3) is 5.04. The maximum absolute atomic E-state index is 11.7. The molecule has 0 bridgehead atoms. The summed E-state index contributed by atoms with van der Waals surface area (Å²) in [7, 11) is 0. The summed E-state index contributed by atoms with van der Waals surface area (Å²) in [6.45, 7) is 2.69. The van der Waals surface area contributed by atoms with Crippen molar-refractivity contribution in [1.29, 1.82) is 0 Å². The van der Waals surface area contributed by atoms with E-state index in [1.54, 1.807) is 0 Å². The van der Waals surface area contributed by atoms with Crippen molar-refractivity contribution in [2.75, 3.05) is 6.61 Å². The average Bonchev–Trinajstić information content (AvgIpc) is 2.86. The molecule has 0 aromatic carbocycles. The van der Waals surface area contributed by atoms with Crippen LogP contribution in [0.25, 0.3) is 0 Å². The predicted molar refractivity (Wildman–Crippen MR) is 67.3 cm³/mol. The first kappa shape index (κ1) is 15.0. The zero-order chi connectivity index (χ0) is 13.4. The van der Waals surface area contributed by atoms with Gasteiger partial charge in [-0.25, -0.2) is 4.79 Å². The van der Waals surface area contributed by atoms with E-state index >= 15 is 0 Å². The van der Waals surface area contributed by atoms with E-state index in [0.29, 0.717) is 19.4 Å². The minimum atomic E-state index is -0.960. The highest BCUT2D eigenvalue weighted by Gasteiger charge is 2.27. The Kier molecular flexibility index (Phi) is 6.72. The Bertz CT molecular complexity index is 274. The van der Waals surface area contributed by atoms with Crippen LogP contribution in [0.1, 0.15) is 51.9 Å². The molecule has 0 aliphatic carbocycles. The van der Waals surface area contributed by atoms with Gasteiger partial charge in [-0.2, -0.15) is 0 Å². The first-order chi connectivity index (χ1) is 8.65. The van der Waals surface area contributed by atoms with Crippen molar-refractivity contribution in [3.63, 3.8) is 0 Å². The van der Waals surface area contributed by atoms with Crippen molar-refractivity contribution in [2.24, 2.45) is 0 Å². The minimum Gasteiger partial charge on any atom is -0.480 e. The molecule has 0 aromatic rings. The molecule has 5 nitrogen and oxygen atoms in total. The van der Waals surface area contributed by atoms with Crippen LogP contribution in [0.2, 0.25) is 0 Å². The number of carbonyl (C=O) groups is 2. The van der Waals surface area contributed by atoms with E-state index in [2.05, 4.69) is 12.2 Å². The van der Waals surface area contributed by atoms with Crippen LogP contribution in [0.5, 0.6) is 0 Å². The molecular formula is C13H23NO4. The number of ether oxygens (including phenoxy) is 1. The average molecular weight is 257 g/mol. The van der Waals surface area contributed by atoms with Crippen LogP contribution in [-0.2, 0) is 14.3 Å². The molecule has 0 spiro atoms. The van der Waals surface area contributed by atoms with Crippen molar-refractivity contribution in [3.05, 3.63) is 0 Å². The maximum atomic E-state index is 11.7. The van der Waals surface area contributed by atoms with Gasteiger partial charge >= 0.3 is 5.97 Å². The summed E-state index contributed by atoms with van der Waals surface area (Å²) in [5.74, 6) is -1.24. The topological polar surface area (TPSA) is 75.6 Å². The second kappa shape index (κ2) is 8.08. The summed E-state index contributed by atoms with van der Waals surface area (Å²) in [6.07, 6.45) is 5.65. The highest BCUT2D eigenvalue weighted by atomic mass is 16.5. The van der Waals surface area contributed by atoms with Crippen molar-refractivity contribution in [1.82, 2.24) is 5.32 Å². The lowest BCUT2D eigenvalue weighted by molar-refractivity contribution is -0.143. The van der Waals surface area contributed by atoms with Gasteiger partial charge in [0.15, 0.2) is 0 Å². The van der Waals surface area contributed by atoms with Crippen molar-refractivity contribution < 1.29 is 19.4 Å². The number of rotatable bonds is 8. The number of carbonyl (C=O) groups excluding carboxylic acids is 1. The molecule has 1 rings (SSSR count). The fraction of sp³-hybridized carbons (Fsp3) is 0.846. The molecule has 104 valence electrons. The van der Waals surface area contributed by atoms with Crippen LogP contribution in [0, 0.1) is 0 Å². The number of unbranched alkanes of at least 4 members (excludes halogenated alkanes) is 3. The molecule has 2 atom stereocenters. The zero-order valence-corrected chi connectivity index (χ0v) is 11.0. The summed E-state index contributed by atoms with van der Waals surface area (Å²) in [5.41, 5.74) is 0. The van der Waals surface area contributed by atoms with Crippen molar-refractivity contribution in [3.8, 4) is 0 Å². The smallest absolute Gasteiger partial charge is 0.326 e. The fourth-order valence-electron chi connectivity index (χ4n) is 2.08. The lowest BCUT2D eigenvalue weighted by Gasteiger charge is -2.17. The highest BCUT2D eigenvalue weighted by Crippen LogP contribution is 2.13. The van der Waals surface area contributed by atoms with Crippen molar-refractivity contribution >= 4 is 11.9 Å². The molecule has 0 aromatic heterocycles. The van der Waals surface area contributed by atoms with Gasteiger partial charge in [0.05, 0.1) is 0 Å². The van der Waals surface area contributed by atoms with Crippen LogP contribution in [0.4, 0.5) is 0 Å². The summed E-state index contributed by atoms with van der Waals surface area (Å²) in [5, 5.41) is 11.6. The van der Waals surface area contributed by atoms with Gasteiger partial charge in [0.25, 0.3) is 0 Å². The Morgan fingerprint density at radius 3 is 2.72 bits per heavy atom. The van der Waals surface area contributed by atoms with Crippen molar-refractivity contribution in [2.45, 2.75) is 64.0 Å². The third-order valence-electron chi connectivity index (χ3n) is 3.18. The summed E-state index contributed by atoms with van der Waals surface area (Å²) in [6, 6.07) is -0.779. The summed E-state index contributed by atoms with van der Waals surface area (Å²) >= 11 is 0. The molecule has 5 heteroatoms. The first-order valence-corrected chi connectivity index (χ1v) is 6.80. The minimum absolute atomic E-state index is 0.282. The van der Waals surface area contributed by atoms with Crippen LogP contribution in [-0.4, -0.2) is 35.7 Å².